The number of hydrogen-bond acceptors (Lipinski definition) is 3. The maximum absolute atomic E-state index is 9.40. The van der Waals surface area contributed by atoms with E-state index in [0.29, 0.717) is 12.8 Å². The molecule has 19 heavy (non-hydrogen) atoms. The SMILES string of the molecule is CCCCCCCCCCCCC(O)(O)CC.Cl.N. The van der Waals surface area contributed by atoms with Crippen molar-refractivity contribution in [2.24, 2.45) is 0 Å². The van der Waals surface area contributed by atoms with Crippen LogP contribution in [-0.2, 0) is 0 Å². The average molecular weight is 298 g/mol. The summed E-state index contributed by atoms with van der Waals surface area (Å²) in [7, 11) is 0. The summed E-state index contributed by atoms with van der Waals surface area (Å²) >= 11 is 0. The first kappa shape index (κ1) is 24.2. The van der Waals surface area contributed by atoms with Crippen molar-refractivity contribution in [2.75, 3.05) is 0 Å². The lowest BCUT2D eigenvalue weighted by Gasteiger charge is -2.19. The standard InChI is InChI=1S/C15H32O2.ClH.H3N/c1-3-5-6-7-8-9-10-11-12-13-14-15(16,17)4-2;;/h16-17H,3-14H2,1-2H3;1H;1H3. The minimum absolute atomic E-state index is 0. The minimum Gasteiger partial charge on any atom is -0.366 e. The molecule has 0 aromatic carbocycles. The first-order valence-electron chi connectivity index (χ1n) is 7.57. The summed E-state index contributed by atoms with van der Waals surface area (Å²) in [5, 5.41) is 18.8. The van der Waals surface area contributed by atoms with Gasteiger partial charge in [0.1, 0.15) is 0 Å². The van der Waals surface area contributed by atoms with E-state index in [4.69, 9.17) is 0 Å². The first-order chi connectivity index (χ1) is 8.12. The van der Waals surface area contributed by atoms with Gasteiger partial charge in [0.25, 0.3) is 0 Å². The van der Waals surface area contributed by atoms with Crippen LogP contribution in [0, 0.1) is 0 Å². The van der Waals surface area contributed by atoms with Crippen molar-refractivity contribution in [3.8, 4) is 0 Å². The molecule has 0 saturated heterocycles. The molecule has 5 N–H and O–H groups in total. The van der Waals surface area contributed by atoms with Crippen LogP contribution in [0.5, 0.6) is 0 Å². The summed E-state index contributed by atoms with van der Waals surface area (Å²) in [5.74, 6) is -1.42. The molecule has 120 valence electrons. The molecule has 0 unspecified atom stereocenters. The molecule has 0 radical (unpaired) electrons. The summed E-state index contributed by atoms with van der Waals surface area (Å²) in [5.41, 5.74) is 0. The maximum atomic E-state index is 9.40. The van der Waals surface area contributed by atoms with E-state index in [2.05, 4.69) is 6.92 Å². The van der Waals surface area contributed by atoms with Gasteiger partial charge in [-0.1, -0.05) is 71.6 Å². The summed E-state index contributed by atoms with van der Waals surface area (Å²) in [6, 6.07) is 0. The Balaban J connectivity index is -0.00000128. The van der Waals surface area contributed by atoms with Crippen LogP contribution in [0.15, 0.2) is 0 Å². The number of halogens is 1. The Kier molecular flexibility index (Phi) is 20.7. The zero-order chi connectivity index (χ0) is 13.0. The molecule has 0 aliphatic rings. The van der Waals surface area contributed by atoms with Gasteiger partial charge in [0, 0.05) is 6.42 Å². The van der Waals surface area contributed by atoms with Crippen LogP contribution < -0.4 is 6.15 Å². The topological polar surface area (TPSA) is 75.5 Å². The van der Waals surface area contributed by atoms with Gasteiger partial charge < -0.3 is 16.4 Å². The Morgan fingerprint density at radius 1 is 0.684 bits per heavy atom. The Hall–Kier alpha value is 0.170. The third kappa shape index (κ3) is 18.2. The van der Waals surface area contributed by atoms with Gasteiger partial charge >= 0.3 is 0 Å². The van der Waals surface area contributed by atoms with Gasteiger partial charge in [-0.15, -0.1) is 12.4 Å². The summed E-state index contributed by atoms with van der Waals surface area (Å²) in [4.78, 5) is 0. The molecule has 0 aliphatic carbocycles. The number of aliphatic hydroxyl groups is 2. The number of unbranched alkanes of at least 4 members (excludes halogenated alkanes) is 9. The molecule has 0 amide bonds. The van der Waals surface area contributed by atoms with Crippen molar-refractivity contribution in [1.29, 1.82) is 0 Å². The molecular weight excluding hydrogens is 262 g/mol. The highest BCUT2D eigenvalue weighted by Crippen LogP contribution is 2.17. The van der Waals surface area contributed by atoms with Crippen LogP contribution in [0.4, 0.5) is 0 Å². The Morgan fingerprint density at radius 2 is 1.05 bits per heavy atom. The van der Waals surface area contributed by atoms with Crippen LogP contribution in [0.2, 0.25) is 0 Å². The van der Waals surface area contributed by atoms with Gasteiger partial charge in [-0.2, -0.15) is 0 Å². The second-order valence-corrected chi connectivity index (χ2v) is 5.27. The van der Waals surface area contributed by atoms with Crippen molar-refractivity contribution in [2.45, 2.75) is 96.7 Å². The molecule has 0 aliphatic heterocycles. The largest absolute Gasteiger partial charge is 0.366 e. The smallest absolute Gasteiger partial charge is 0.162 e. The molecule has 0 bridgehead atoms. The fourth-order valence-electron chi connectivity index (χ4n) is 2.07. The van der Waals surface area contributed by atoms with Crippen LogP contribution in [0.3, 0.4) is 0 Å². The predicted molar refractivity (Wildman–Crippen MR) is 86.2 cm³/mol. The van der Waals surface area contributed by atoms with Crippen LogP contribution in [0.25, 0.3) is 0 Å². The molecule has 0 spiro atoms. The van der Waals surface area contributed by atoms with E-state index in [1.54, 1.807) is 0 Å². The zero-order valence-electron chi connectivity index (χ0n) is 13.0. The van der Waals surface area contributed by atoms with E-state index in [9.17, 15) is 10.2 Å². The molecule has 0 saturated carbocycles. The minimum atomic E-state index is -1.42. The van der Waals surface area contributed by atoms with Gasteiger partial charge in [0.05, 0.1) is 0 Å². The quantitative estimate of drug-likeness (QED) is 0.351. The average Bonchev–Trinajstić information content (AvgIpc) is 2.31. The van der Waals surface area contributed by atoms with Crippen LogP contribution >= 0.6 is 12.4 Å². The van der Waals surface area contributed by atoms with Gasteiger partial charge in [0.15, 0.2) is 5.79 Å². The van der Waals surface area contributed by atoms with Crippen molar-refractivity contribution < 1.29 is 10.2 Å². The molecule has 3 nitrogen and oxygen atoms in total. The molecule has 4 heteroatoms. The van der Waals surface area contributed by atoms with Gasteiger partial charge in [-0.25, -0.2) is 0 Å². The Morgan fingerprint density at radius 3 is 1.42 bits per heavy atom. The lowest BCUT2D eigenvalue weighted by molar-refractivity contribution is -0.167. The number of rotatable bonds is 12. The van der Waals surface area contributed by atoms with Gasteiger partial charge in [-0.3, -0.25) is 0 Å². The molecule has 0 atom stereocenters. The lowest BCUT2D eigenvalue weighted by Crippen LogP contribution is -2.26. The summed E-state index contributed by atoms with van der Waals surface area (Å²) in [6.07, 6.45) is 13.8. The molecule has 0 rings (SSSR count). The molecule has 0 fully saturated rings. The van der Waals surface area contributed by atoms with E-state index < -0.39 is 5.79 Å². The summed E-state index contributed by atoms with van der Waals surface area (Å²) < 4.78 is 0. The lowest BCUT2D eigenvalue weighted by atomic mass is 10.0. The normalized spacial score (nSPS) is 10.7. The predicted octanol–water partition coefficient (Wildman–Crippen LogP) is 4.97. The highest BCUT2D eigenvalue weighted by molar-refractivity contribution is 5.85. The van der Waals surface area contributed by atoms with E-state index in [0.717, 1.165) is 12.8 Å². The first-order valence-corrected chi connectivity index (χ1v) is 7.57. The van der Waals surface area contributed by atoms with Crippen molar-refractivity contribution in [1.82, 2.24) is 6.15 Å². The highest BCUT2D eigenvalue weighted by Gasteiger charge is 2.18. The van der Waals surface area contributed by atoms with Gasteiger partial charge in [0.2, 0.25) is 0 Å². The van der Waals surface area contributed by atoms with E-state index in [-0.39, 0.29) is 18.6 Å². The van der Waals surface area contributed by atoms with E-state index in [1.165, 1.54) is 51.4 Å². The monoisotopic (exact) mass is 297 g/mol. The highest BCUT2D eigenvalue weighted by atomic mass is 35.5. The zero-order valence-corrected chi connectivity index (χ0v) is 13.8. The third-order valence-corrected chi connectivity index (χ3v) is 3.50. The molecule has 0 aromatic heterocycles. The van der Waals surface area contributed by atoms with Crippen molar-refractivity contribution >= 4 is 12.4 Å². The Labute approximate surface area is 126 Å². The van der Waals surface area contributed by atoms with Gasteiger partial charge in [-0.05, 0) is 12.8 Å². The second-order valence-electron chi connectivity index (χ2n) is 5.27. The Bertz CT molecular complexity index is 166. The van der Waals surface area contributed by atoms with Crippen LogP contribution in [0.1, 0.15) is 90.9 Å². The number of hydrogen-bond donors (Lipinski definition) is 3. The molecular formula is C15H36ClNO2. The molecule has 0 heterocycles. The van der Waals surface area contributed by atoms with Crippen molar-refractivity contribution in [3.05, 3.63) is 0 Å². The fourth-order valence-corrected chi connectivity index (χ4v) is 2.07. The van der Waals surface area contributed by atoms with Crippen LogP contribution in [-0.4, -0.2) is 16.0 Å². The summed E-state index contributed by atoms with van der Waals surface area (Å²) in [6.45, 7) is 4.06. The molecule has 0 aromatic rings. The fraction of sp³-hybridized carbons (Fsp3) is 1.00. The van der Waals surface area contributed by atoms with E-state index >= 15 is 0 Å². The van der Waals surface area contributed by atoms with E-state index in [1.807, 2.05) is 6.92 Å². The van der Waals surface area contributed by atoms with Crippen molar-refractivity contribution in [3.63, 3.8) is 0 Å². The third-order valence-electron chi connectivity index (χ3n) is 3.50. The second kappa shape index (κ2) is 16.2. The maximum Gasteiger partial charge on any atom is 0.162 e.